The van der Waals surface area contributed by atoms with Crippen LogP contribution in [0.2, 0.25) is 0 Å². The number of amides is 1. The highest BCUT2D eigenvalue weighted by Crippen LogP contribution is 2.37. The number of nitrogens with zero attached hydrogens (tertiary/aromatic N) is 3. The van der Waals surface area contributed by atoms with Crippen molar-refractivity contribution < 1.29 is 28.6 Å². The van der Waals surface area contributed by atoms with Crippen molar-refractivity contribution in [3.8, 4) is 0 Å². The van der Waals surface area contributed by atoms with Gasteiger partial charge in [0.1, 0.15) is 6.10 Å². The number of fused-ring (bicyclic) bond motifs is 1. The van der Waals surface area contributed by atoms with E-state index in [1.54, 1.807) is 13.8 Å². The SMILES string of the molecule is CC(C)C(=O)Nc1nc2c(ncn2[C@@H]2O[C@H](CO)C[C@H]2O[PH](=O)O)c(=O)[nH]1. The Morgan fingerprint density at radius 3 is 2.96 bits per heavy atom. The first kappa shape index (κ1) is 19.6. The van der Waals surface area contributed by atoms with E-state index in [0.29, 0.717) is 0 Å². The average Bonchev–Trinajstić information content (AvgIpc) is 3.18. The third kappa shape index (κ3) is 4.09. The van der Waals surface area contributed by atoms with Crippen LogP contribution in [0.4, 0.5) is 5.95 Å². The van der Waals surface area contributed by atoms with Crippen LogP contribution in [0.5, 0.6) is 0 Å². The van der Waals surface area contributed by atoms with Crippen molar-refractivity contribution in [1.82, 2.24) is 19.5 Å². The fourth-order valence-electron chi connectivity index (χ4n) is 2.75. The molecule has 0 aromatic carbocycles. The van der Waals surface area contributed by atoms with Crippen molar-refractivity contribution in [3.63, 3.8) is 0 Å². The number of aliphatic hydroxyl groups excluding tert-OH is 1. The van der Waals surface area contributed by atoms with Crippen molar-refractivity contribution in [2.45, 2.75) is 38.7 Å². The normalized spacial score (nSPS) is 23.8. The molecule has 1 amide bonds. The molecule has 1 aliphatic heterocycles. The van der Waals surface area contributed by atoms with Gasteiger partial charge in [-0.1, -0.05) is 13.8 Å². The maximum absolute atomic E-state index is 12.2. The van der Waals surface area contributed by atoms with E-state index in [-0.39, 0.29) is 42.0 Å². The molecule has 27 heavy (non-hydrogen) atoms. The number of carbonyl (C=O) groups is 1. The monoisotopic (exact) mass is 401 g/mol. The zero-order valence-electron chi connectivity index (χ0n) is 14.6. The standard InChI is InChI=1S/C14H20N5O7P/c1-6(2)11(21)17-14-16-10-9(12(22)18-14)15-5-19(10)13-8(26-27(23)24)3-7(4-20)25-13/h5-8,13,20,27H,3-4H2,1-2H3,(H,23,24)(H2,16,17,18,21,22)/t7-,8+,13+/m0/s1. The third-order valence-electron chi connectivity index (χ3n) is 4.07. The molecule has 1 unspecified atom stereocenters. The molecule has 0 aliphatic carbocycles. The van der Waals surface area contributed by atoms with Crippen LogP contribution in [-0.2, 0) is 18.6 Å². The Hall–Kier alpha value is -2.11. The number of hydrogen-bond acceptors (Lipinski definition) is 8. The molecular weight excluding hydrogens is 381 g/mol. The van der Waals surface area contributed by atoms with Gasteiger partial charge >= 0.3 is 8.25 Å². The van der Waals surface area contributed by atoms with Crippen LogP contribution in [0.15, 0.2) is 11.1 Å². The predicted molar refractivity (Wildman–Crippen MR) is 93.3 cm³/mol. The molecule has 4 atom stereocenters. The number of aromatic nitrogens is 4. The fraction of sp³-hybridized carbons (Fsp3) is 0.571. The van der Waals surface area contributed by atoms with Gasteiger partial charge in [-0.25, -0.2) is 4.98 Å². The Balaban J connectivity index is 2.01. The van der Waals surface area contributed by atoms with Crippen LogP contribution >= 0.6 is 8.25 Å². The first-order chi connectivity index (χ1) is 12.8. The van der Waals surface area contributed by atoms with Gasteiger partial charge in [0.2, 0.25) is 11.9 Å². The van der Waals surface area contributed by atoms with Crippen LogP contribution in [0.1, 0.15) is 26.5 Å². The highest BCUT2D eigenvalue weighted by molar-refractivity contribution is 7.32. The Kier molecular flexibility index (Phi) is 5.72. The fourth-order valence-corrected chi connectivity index (χ4v) is 3.22. The average molecular weight is 401 g/mol. The lowest BCUT2D eigenvalue weighted by Crippen LogP contribution is -2.24. The minimum Gasteiger partial charge on any atom is -0.394 e. The smallest absolute Gasteiger partial charge is 0.317 e. The number of rotatable bonds is 6. The Morgan fingerprint density at radius 1 is 1.59 bits per heavy atom. The molecule has 0 saturated carbocycles. The van der Waals surface area contributed by atoms with Crippen molar-refractivity contribution in [2.75, 3.05) is 11.9 Å². The maximum Gasteiger partial charge on any atom is 0.317 e. The maximum atomic E-state index is 12.2. The van der Waals surface area contributed by atoms with E-state index in [1.165, 1.54) is 10.9 Å². The van der Waals surface area contributed by atoms with Crippen molar-refractivity contribution in [2.24, 2.45) is 5.92 Å². The minimum absolute atomic E-state index is 0.00370. The quantitative estimate of drug-likeness (QED) is 0.477. The molecule has 148 valence electrons. The number of carbonyl (C=O) groups excluding carboxylic acids is 1. The number of anilines is 1. The molecule has 0 spiro atoms. The molecule has 12 nitrogen and oxygen atoms in total. The number of ether oxygens (including phenoxy) is 1. The first-order valence-electron chi connectivity index (χ1n) is 8.23. The van der Waals surface area contributed by atoms with Crippen molar-refractivity contribution in [3.05, 3.63) is 16.7 Å². The summed E-state index contributed by atoms with van der Waals surface area (Å²) >= 11 is 0. The lowest BCUT2D eigenvalue weighted by atomic mass is 10.2. The Morgan fingerprint density at radius 2 is 2.33 bits per heavy atom. The van der Waals surface area contributed by atoms with E-state index in [9.17, 15) is 19.3 Å². The molecule has 1 saturated heterocycles. The minimum atomic E-state index is -3.26. The summed E-state index contributed by atoms with van der Waals surface area (Å²) in [5.74, 6) is -0.710. The molecule has 3 rings (SSSR count). The van der Waals surface area contributed by atoms with Gasteiger partial charge in [0.15, 0.2) is 17.4 Å². The van der Waals surface area contributed by atoms with Gasteiger partial charge in [-0.15, -0.1) is 0 Å². The van der Waals surface area contributed by atoms with E-state index >= 15 is 0 Å². The summed E-state index contributed by atoms with van der Waals surface area (Å²) in [6, 6.07) is 0. The van der Waals surface area contributed by atoms with Gasteiger partial charge in [0, 0.05) is 12.3 Å². The second-order valence-corrected chi connectivity index (χ2v) is 7.14. The van der Waals surface area contributed by atoms with Crippen LogP contribution in [0, 0.1) is 5.92 Å². The van der Waals surface area contributed by atoms with E-state index < -0.39 is 32.2 Å². The summed E-state index contributed by atoms with van der Waals surface area (Å²) in [5.41, 5.74) is -0.459. The van der Waals surface area contributed by atoms with Crippen molar-refractivity contribution >= 4 is 31.3 Å². The molecule has 2 aromatic heterocycles. The number of imidazole rings is 1. The molecule has 0 bridgehead atoms. The van der Waals surface area contributed by atoms with Crippen LogP contribution in [-0.4, -0.2) is 54.2 Å². The third-order valence-corrected chi connectivity index (χ3v) is 4.58. The highest BCUT2D eigenvalue weighted by Gasteiger charge is 2.39. The van der Waals surface area contributed by atoms with Gasteiger partial charge in [0.05, 0.1) is 19.0 Å². The molecule has 2 aromatic rings. The molecule has 13 heteroatoms. The summed E-state index contributed by atoms with van der Waals surface area (Å²) in [5, 5.41) is 11.8. The second kappa shape index (κ2) is 7.87. The van der Waals surface area contributed by atoms with Gasteiger partial charge in [0.25, 0.3) is 5.56 Å². The van der Waals surface area contributed by atoms with Gasteiger partial charge in [-0.3, -0.25) is 29.0 Å². The number of H-pyrrole nitrogens is 1. The number of hydrogen-bond donors (Lipinski definition) is 4. The first-order valence-corrected chi connectivity index (χ1v) is 9.50. The number of aliphatic hydroxyl groups is 1. The molecule has 4 N–H and O–H groups in total. The largest absolute Gasteiger partial charge is 0.394 e. The predicted octanol–water partition coefficient (Wildman–Crippen LogP) is -0.239. The van der Waals surface area contributed by atoms with E-state index in [0.717, 1.165) is 0 Å². The summed E-state index contributed by atoms with van der Waals surface area (Å²) < 4.78 is 23.2. The van der Waals surface area contributed by atoms with Gasteiger partial charge < -0.3 is 19.3 Å². The lowest BCUT2D eigenvalue weighted by Gasteiger charge is -2.19. The second-order valence-electron chi connectivity index (χ2n) is 6.37. The highest BCUT2D eigenvalue weighted by atomic mass is 31.1. The summed E-state index contributed by atoms with van der Waals surface area (Å²) in [6.07, 6.45) is -0.906. The zero-order chi connectivity index (χ0) is 19.7. The molecule has 3 heterocycles. The van der Waals surface area contributed by atoms with Crippen LogP contribution < -0.4 is 10.9 Å². The molecule has 1 aliphatic rings. The summed E-state index contributed by atoms with van der Waals surface area (Å²) in [7, 11) is -3.26. The molecule has 0 radical (unpaired) electrons. The number of aromatic amines is 1. The van der Waals surface area contributed by atoms with E-state index in [1.807, 2.05) is 0 Å². The van der Waals surface area contributed by atoms with Gasteiger partial charge in [-0.2, -0.15) is 4.98 Å². The van der Waals surface area contributed by atoms with Crippen molar-refractivity contribution in [1.29, 1.82) is 0 Å². The van der Waals surface area contributed by atoms with E-state index in [2.05, 4.69) is 20.3 Å². The Labute approximate surface area is 153 Å². The van der Waals surface area contributed by atoms with Crippen LogP contribution in [0.3, 0.4) is 0 Å². The molecular formula is C14H20N5O7P. The van der Waals surface area contributed by atoms with E-state index in [4.69, 9.17) is 14.2 Å². The topological polar surface area (TPSA) is 169 Å². The zero-order valence-corrected chi connectivity index (χ0v) is 15.6. The number of nitrogens with one attached hydrogen (secondary N) is 2. The Bertz CT molecular complexity index is 926. The molecule has 1 fully saturated rings. The lowest BCUT2D eigenvalue weighted by molar-refractivity contribution is -0.118. The van der Waals surface area contributed by atoms with Crippen LogP contribution in [0.25, 0.3) is 11.2 Å². The summed E-state index contributed by atoms with van der Waals surface area (Å²) in [4.78, 5) is 43.8. The summed E-state index contributed by atoms with van der Waals surface area (Å²) in [6.45, 7) is 3.08. The van der Waals surface area contributed by atoms with Gasteiger partial charge in [-0.05, 0) is 0 Å².